The Morgan fingerprint density at radius 1 is 1.14 bits per heavy atom. The number of amides is 1. The summed E-state index contributed by atoms with van der Waals surface area (Å²) in [5.74, 6) is -0.384. The summed E-state index contributed by atoms with van der Waals surface area (Å²) in [4.78, 5) is 24.8. The monoisotopic (exact) mass is 406 g/mol. The van der Waals surface area contributed by atoms with Crippen molar-refractivity contribution in [3.63, 3.8) is 0 Å². The number of methoxy groups -OCH3 is 1. The van der Waals surface area contributed by atoms with E-state index >= 15 is 0 Å². The zero-order chi connectivity index (χ0) is 20.8. The number of hydrogen-bond donors (Lipinski definition) is 1. The maximum absolute atomic E-state index is 12.7. The predicted molar refractivity (Wildman–Crippen MR) is 110 cm³/mol. The van der Waals surface area contributed by atoms with Gasteiger partial charge in [-0.3, -0.25) is 4.79 Å². The van der Waals surface area contributed by atoms with Gasteiger partial charge in [0, 0.05) is 5.56 Å². The highest BCUT2D eigenvalue weighted by atomic mass is 32.1. The van der Waals surface area contributed by atoms with Crippen LogP contribution in [-0.2, 0) is 11.3 Å². The van der Waals surface area contributed by atoms with E-state index in [2.05, 4.69) is 5.32 Å². The third-order valence-electron chi connectivity index (χ3n) is 4.20. The van der Waals surface area contributed by atoms with E-state index in [0.717, 1.165) is 16.9 Å². The minimum absolute atomic E-state index is 0.250. The minimum atomic E-state index is -0.541. The number of ether oxygens (including phenoxy) is 2. The molecule has 0 bridgehead atoms. The van der Waals surface area contributed by atoms with Crippen LogP contribution in [-0.4, -0.2) is 19.0 Å². The third kappa shape index (κ3) is 4.62. The third-order valence-corrected chi connectivity index (χ3v) is 5.39. The minimum Gasteiger partial charge on any atom is -0.489 e. The zero-order valence-electron chi connectivity index (χ0n) is 15.9. The smallest absolute Gasteiger partial charge is 0.348 e. The zero-order valence-corrected chi connectivity index (χ0v) is 16.7. The quantitative estimate of drug-likeness (QED) is 0.607. The fourth-order valence-corrected chi connectivity index (χ4v) is 3.74. The fraction of sp³-hybridized carbons (Fsp3) is 0.136. The summed E-state index contributed by atoms with van der Waals surface area (Å²) in [6, 6.07) is 18.5. The highest BCUT2D eigenvalue weighted by molar-refractivity contribution is 7.18. The second kappa shape index (κ2) is 9.04. The molecule has 6 nitrogen and oxygen atoms in total. The second-order valence-electron chi connectivity index (χ2n) is 6.12. The summed E-state index contributed by atoms with van der Waals surface area (Å²) in [6.07, 6.45) is 0. The molecule has 1 N–H and O–H groups in total. The first-order valence-corrected chi connectivity index (χ1v) is 9.55. The molecule has 29 heavy (non-hydrogen) atoms. The average molecular weight is 406 g/mol. The van der Waals surface area contributed by atoms with Crippen LogP contribution in [0.4, 0.5) is 5.00 Å². The molecule has 3 rings (SSSR count). The van der Waals surface area contributed by atoms with Gasteiger partial charge in [0.05, 0.1) is 12.7 Å². The number of esters is 1. The number of hydrogen-bond acceptors (Lipinski definition) is 6. The highest BCUT2D eigenvalue weighted by Crippen LogP contribution is 2.33. The molecule has 0 atom stereocenters. The molecule has 0 radical (unpaired) electrons. The lowest BCUT2D eigenvalue weighted by molar-refractivity contribution is 0.0605. The number of carbonyl (C=O) groups excluding carboxylic acids is 2. The van der Waals surface area contributed by atoms with Crippen LogP contribution in [0.2, 0.25) is 0 Å². The molecule has 0 saturated heterocycles. The van der Waals surface area contributed by atoms with E-state index in [9.17, 15) is 14.9 Å². The number of benzene rings is 2. The van der Waals surface area contributed by atoms with Crippen molar-refractivity contribution >= 4 is 28.2 Å². The molecule has 3 aromatic rings. The largest absolute Gasteiger partial charge is 0.489 e. The molecule has 1 aromatic heterocycles. The highest BCUT2D eigenvalue weighted by Gasteiger charge is 2.22. The molecule has 1 amide bonds. The Bertz CT molecular complexity index is 1080. The molecular formula is C22H18N2O4S. The molecule has 0 aliphatic carbocycles. The fourth-order valence-electron chi connectivity index (χ4n) is 2.67. The Labute approximate surface area is 172 Å². The lowest BCUT2D eigenvalue weighted by atomic mass is 10.1. The maximum atomic E-state index is 12.7. The number of thiophene rings is 1. The predicted octanol–water partition coefficient (Wildman–Crippen LogP) is 4.55. The van der Waals surface area contributed by atoms with Crippen molar-refractivity contribution in [3.05, 3.63) is 81.7 Å². The van der Waals surface area contributed by atoms with Gasteiger partial charge >= 0.3 is 5.97 Å². The number of anilines is 1. The van der Waals surface area contributed by atoms with Crippen LogP contribution in [0.25, 0.3) is 0 Å². The van der Waals surface area contributed by atoms with Crippen LogP contribution >= 0.6 is 11.3 Å². The Kier molecular flexibility index (Phi) is 6.27. The molecule has 1 heterocycles. The van der Waals surface area contributed by atoms with E-state index in [0.29, 0.717) is 33.4 Å². The summed E-state index contributed by atoms with van der Waals surface area (Å²) < 4.78 is 10.5. The Morgan fingerprint density at radius 3 is 2.59 bits per heavy atom. The van der Waals surface area contributed by atoms with Crippen molar-refractivity contribution in [2.24, 2.45) is 0 Å². The first kappa shape index (κ1) is 20.1. The van der Waals surface area contributed by atoms with Crippen LogP contribution in [0.15, 0.2) is 54.6 Å². The molecule has 0 spiro atoms. The van der Waals surface area contributed by atoms with Gasteiger partial charge in [-0.05, 0) is 36.2 Å². The summed E-state index contributed by atoms with van der Waals surface area (Å²) in [7, 11) is 1.27. The van der Waals surface area contributed by atoms with E-state index in [1.807, 2.05) is 36.4 Å². The first-order chi connectivity index (χ1) is 14.0. The van der Waals surface area contributed by atoms with Crippen LogP contribution in [0.3, 0.4) is 0 Å². The SMILES string of the molecule is COC(=O)c1sc(NC(=O)c2cccc(OCc3ccccc3)c2)c(C#N)c1C. The molecule has 0 aliphatic heterocycles. The van der Waals surface area contributed by atoms with Crippen LogP contribution in [0.1, 0.15) is 36.7 Å². The van der Waals surface area contributed by atoms with Gasteiger partial charge in [0.25, 0.3) is 5.91 Å². The summed E-state index contributed by atoms with van der Waals surface area (Å²) in [5, 5.41) is 12.4. The van der Waals surface area contributed by atoms with Gasteiger partial charge in [0.1, 0.15) is 28.3 Å². The van der Waals surface area contributed by atoms with Gasteiger partial charge in [0.15, 0.2) is 0 Å². The van der Waals surface area contributed by atoms with E-state index in [1.54, 1.807) is 31.2 Å². The van der Waals surface area contributed by atoms with E-state index in [4.69, 9.17) is 9.47 Å². The summed E-state index contributed by atoms with van der Waals surface area (Å²) >= 11 is 1.02. The lowest BCUT2D eigenvalue weighted by Gasteiger charge is -2.08. The van der Waals surface area contributed by atoms with Crippen molar-refractivity contribution in [1.82, 2.24) is 0 Å². The van der Waals surface area contributed by atoms with Crippen molar-refractivity contribution in [3.8, 4) is 11.8 Å². The number of carbonyl (C=O) groups is 2. The van der Waals surface area contributed by atoms with Crippen LogP contribution in [0.5, 0.6) is 5.75 Å². The Morgan fingerprint density at radius 2 is 1.90 bits per heavy atom. The normalized spacial score (nSPS) is 10.1. The molecule has 7 heteroatoms. The van der Waals surface area contributed by atoms with E-state index in [-0.39, 0.29) is 5.56 Å². The van der Waals surface area contributed by atoms with Gasteiger partial charge in [0.2, 0.25) is 0 Å². The Balaban J connectivity index is 1.76. The van der Waals surface area contributed by atoms with Crippen LogP contribution in [0, 0.1) is 18.3 Å². The first-order valence-electron chi connectivity index (χ1n) is 8.73. The number of nitrogens with zero attached hydrogens (tertiary/aromatic N) is 1. The number of nitriles is 1. The second-order valence-corrected chi connectivity index (χ2v) is 7.14. The van der Waals surface area contributed by atoms with Gasteiger partial charge in [-0.15, -0.1) is 11.3 Å². The molecule has 146 valence electrons. The average Bonchev–Trinajstić information content (AvgIpc) is 3.07. The standard InChI is InChI=1S/C22H18N2O4S/c1-14-18(12-23)21(29-19(14)22(26)27-2)24-20(25)16-9-6-10-17(11-16)28-13-15-7-4-3-5-8-15/h3-11H,13H2,1-2H3,(H,24,25). The van der Waals surface area contributed by atoms with E-state index < -0.39 is 11.9 Å². The van der Waals surface area contributed by atoms with Crippen molar-refractivity contribution < 1.29 is 19.1 Å². The van der Waals surface area contributed by atoms with Gasteiger partial charge in [-0.1, -0.05) is 36.4 Å². The molecule has 0 fully saturated rings. The van der Waals surface area contributed by atoms with Gasteiger partial charge in [-0.2, -0.15) is 5.26 Å². The number of rotatable bonds is 6. The molecule has 0 unspecified atom stereocenters. The number of nitrogens with one attached hydrogen (secondary N) is 1. The van der Waals surface area contributed by atoms with Crippen LogP contribution < -0.4 is 10.1 Å². The van der Waals surface area contributed by atoms with Crippen molar-refractivity contribution in [2.75, 3.05) is 12.4 Å². The molecular weight excluding hydrogens is 388 g/mol. The van der Waals surface area contributed by atoms with E-state index in [1.165, 1.54) is 7.11 Å². The molecule has 0 saturated carbocycles. The lowest BCUT2D eigenvalue weighted by Crippen LogP contribution is -2.12. The van der Waals surface area contributed by atoms with Crippen molar-refractivity contribution in [1.29, 1.82) is 5.26 Å². The van der Waals surface area contributed by atoms with Crippen molar-refractivity contribution in [2.45, 2.75) is 13.5 Å². The molecule has 2 aromatic carbocycles. The maximum Gasteiger partial charge on any atom is 0.348 e. The summed E-state index contributed by atoms with van der Waals surface area (Å²) in [6.45, 7) is 2.03. The summed E-state index contributed by atoms with van der Waals surface area (Å²) in [5.41, 5.74) is 2.13. The topological polar surface area (TPSA) is 88.4 Å². The molecule has 0 aliphatic rings. The van der Waals surface area contributed by atoms with Gasteiger partial charge < -0.3 is 14.8 Å². The Hall–Kier alpha value is -3.63. The van der Waals surface area contributed by atoms with Gasteiger partial charge in [-0.25, -0.2) is 4.79 Å².